The third-order valence-electron chi connectivity index (χ3n) is 4.79. The molecule has 3 N–H and O–H groups in total. The summed E-state index contributed by atoms with van der Waals surface area (Å²) in [7, 11) is -0.943. The second kappa shape index (κ2) is 11.3. The Bertz CT molecular complexity index is 1290. The minimum atomic E-state index is -3.83. The fourth-order valence-electron chi connectivity index (χ4n) is 3.03. The number of methoxy groups -OCH3 is 2. The van der Waals surface area contributed by atoms with E-state index in [-0.39, 0.29) is 21.7 Å². The molecule has 11 heteroatoms. The van der Waals surface area contributed by atoms with Crippen LogP contribution < -0.4 is 29.8 Å². The summed E-state index contributed by atoms with van der Waals surface area (Å²) in [6.45, 7) is 2.31. The van der Waals surface area contributed by atoms with Gasteiger partial charge < -0.3 is 14.2 Å². The lowest BCUT2D eigenvalue weighted by Crippen LogP contribution is -2.41. The highest BCUT2D eigenvalue weighted by Gasteiger charge is 2.17. The Morgan fingerprint density at radius 3 is 2.03 bits per heavy atom. The topological polar surface area (TPSA) is 132 Å². The van der Waals surface area contributed by atoms with Gasteiger partial charge in [0.25, 0.3) is 21.8 Å². The lowest BCUT2D eigenvalue weighted by atomic mass is 10.2. The van der Waals surface area contributed by atoms with Crippen molar-refractivity contribution in [2.45, 2.75) is 11.8 Å². The Kier molecular flexibility index (Phi) is 8.16. The molecule has 0 heterocycles. The van der Waals surface area contributed by atoms with Crippen molar-refractivity contribution in [1.29, 1.82) is 0 Å². The third kappa shape index (κ3) is 6.42. The van der Waals surface area contributed by atoms with Gasteiger partial charge in [-0.1, -0.05) is 0 Å². The van der Waals surface area contributed by atoms with Crippen LogP contribution in [0.5, 0.6) is 17.2 Å². The molecular weight excluding hydrogens is 474 g/mol. The predicted molar refractivity (Wildman–Crippen MR) is 129 cm³/mol. The number of benzene rings is 3. The minimum Gasteiger partial charge on any atom is -0.497 e. The van der Waals surface area contributed by atoms with E-state index in [0.717, 1.165) is 0 Å². The van der Waals surface area contributed by atoms with Crippen molar-refractivity contribution in [2.75, 3.05) is 25.5 Å². The smallest absolute Gasteiger partial charge is 0.273 e. The highest BCUT2D eigenvalue weighted by Crippen LogP contribution is 2.24. The number of hydrogen-bond acceptors (Lipinski definition) is 7. The van der Waals surface area contributed by atoms with Crippen LogP contribution in [-0.2, 0) is 10.0 Å². The average molecular weight is 500 g/mol. The van der Waals surface area contributed by atoms with Gasteiger partial charge in [-0.05, 0) is 73.7 Å². The second-order valence-electron chi connectivity index (χ2n) is 7.06. The molecule has 0 saturated heterocycles. The van der Waals surface area contributed by atoms with Gasteiger partial charge in [0.2, 0.25) is 0 Å². The number of hydrazine groups is 1. The van der Waals surface area contributed by atoms with Crippen LogP contribution in [0.25, 0.3) is 0 Å². The van der Waals surface area contributed by atoms with E-state index in [4.69, 9.17) is 14.2 Å². The summed E-state index contributed by atoms with van der Waals surface area (Å²) in [6.07, 6.45) is 0. The standard InChI is InChI=1S/C24H25N3O7S/c1-4-34-18-9-12-20(13-10-18)35(30,31)27-17-7-5-16(6-8-17)23(28)25-26-24(29)21-15-19(32-2)11-14-22(21)33-3/h5-15,27H,4H2,1-3H3,(H,25,28)(H,26,29). The molecule has 35 heavy (non-hydrogen) atoms. The number of hydrogen-bond donors (Lipinski definition) is 3. The van der Waals surface area contributed by atoms with Crippen LogP contribution in [0.15, 0.2) is 71.6 Å². The maximum Gasteiger partial charge on any atom is 0.273 e. The molecule has 0 aliphatic heterocycles. The molecule has 0 aliphatic carbocycles. The molecule has 0 spiro atoms. The number of carbonyl (C=O) groups excluding carboxylic acids is 2. The Balaban J connectivity index is 1.62. The molecule has 0 radical (unpaired) electrons. The van der Waals surface area contributed by atoms with Crippen LogP contribution in [0.4, 0.5) is 5.69 Å². The molecule has 0 aromatic heterocycles. The van der Waals surface area contributed by atoms with Crippen LogP contribution in [0, 0.1) is 0 Å². The maximum atomic E-state index is 12.6. The van der Waals surface area contributed by atoms with Gasteiger partial charge in [0, 0.05) is 11.3 Å². The lowest BCUT2D eigenvalue weighted by molar-refractivity contribution is 0.0844. The Morgan fingerprint density at radius 1 is 0.800 bits per heavy atom. The summed E-state index contributed by atoms with van der Waals surface area (Å²) in [6, 6.07) is 16.4. The first-order chi connectivity index (χ1) is 16.8. The van der Waals surface area contributed by atoms with Gasteiger partial charge in [0.15, 0.2) is 0 Å². The summed E-state index contributed by atoms with van der Waals surface area (Å²) in [5.74, 6) is 0.126. The number of carbonyl (C=O) groups is 2. The minimum absolute atomic E-state index is 0.0680. The zero-order valence-electron chi connectivity index (χ0n) is 19.3. The monoisotopic (exact) mass is 499 g/mol. The predicted octanol–water partition coefficient (Wildman–Crippen LogP) is 2.98. The highest BCUT2D eigenvalue weighted by atomic mass is 32.2. The number of sulfonamides is 1. The van der Waals surface area contributed by atoms with Gasteiger partial charge in [-0.15, -0.1) is 0 Å². The summed E-state index contributed by atoms with van der Waals surface area (Å²) in [4.78, 5) is 25.0. The van der Waals surface area contributed by atoms with Crippen molar-refractivity contribution in [2.24, 2.45) is 0 Å². The van der Waals surface area contributed by atoms with E-state index in [2.05, 4.69) is 15.6 Å². The fourth-order valence-corrected chi connectivity index (χ4v) is 4.09. The third-order valence-corrected chi connectivity index (χ3v) is 6.18. The van der Waals surface area contributed by atoms with E-state index in [9.17, 15) is 18.0 Å². The largest absolute Gasteiger partial charge is 0.497 e. The highest BCUT2D eigenvalue weighted by molar-refractivity contribution is 7.92. The molecule has 0 saturated carbocycles. The van der Waals surface area contributed by atoms with Crippen molar-refractivity contribution in [3.05, 3.63) is 77.9 Å². The SMILES string of the molecule is CCOc1ccc(S(=O)(=O)Nc2ccc(C(=O)NNC(=O)c3cc(OC)ccc3OC)cc2)cc1. The first-order valence-corrected chi connectivity index (χ1v) is 11.9. The molecule has 0 unspecified atom stereocenters. The Labute approximate surface area is 203 Å². The molecular formula is C24H25N3O7S. The Hall–Kier alpha value is -4.25. The zero-order chi connectivity index (χ0) is 25.4. The van der Waals surface area contributed by atoms with Crippen LogP contribution in [0.1, 0.15) is 27.6 Å². The van der Waals surface area contributed by atoms with Crippen molar-refractivity contribution in [3.8, 4) is 17.2 Å². The van der Waals surface area contributed by atoms with Crippen molar-refractivity contribution in [1.82, 2.24) is 10.9 Å². The number of amides is 2. The summed E-state index contributed by atoms with van der Waals surface area (Å²) in [5, 5.41) is 0. The van der Waals surface area contributed by atoms with Gasteiger partial charge in [-0.2, -0.15) is 0 Å². The summed E-state index contributed by atoms with van der Waals surface area (Å²) >= 11 is 0. The molecule has 3 aromatic rings. The van der Waals surface area contributed by atoms with E-state index >= 15 is 0 Å². The van der Waals surface area contributed by atoms with E-state index < -0.39 is 21.8 Å². The molecule has 3 aromatic carbocycles. The van der Waals surface area contributed by atoms with Crippen molar-refractivity contribution < 1.29 is 32.2 Å². The van der Waals surface area contributed by atoms with E-state index in [0.29, 0.717) is 23.9 Å². The van der Waals surface area contributed by atoms with Gasteiger partial charge in [-0.3, -0.25) is 25.2 Å². The van der Waals surface area contributed by atoms with E-state index in [1.54, 1.807) is 24.3 Å². The number of rotatable bonds is 9. The number of nitrogens with one attached hydrogen (secondary N) is 3. The zero-order valence-corrected chi connectivity index (χ0v) is 20.1. The van der Waals surface area contributed by atoms with Crippen LogP contribution in [0.2, 0.25) is 0 Å². The number of ether oxygens (including phenoxy) is 3. The molecule has 0 bridgehead atoms. The molecule has 184 valence electrons. The van der Waals surface area contributed by atoms with Gasteiger partial charge in [-0.25, -0.2) is 8.42 Å². The van der Waals surface area contributed by atoms with Crippen molar-refractivity contribution >= 4 is 27.5 Å². The van der Waals surface area contributed by atoms with Gasteiger partial charge in [0.05, 0.1) is 31.3 Å². The molecule has 2 amide bonds. The number of anilines is 1. The molecule has 3 rings (SSSR count). The molecule has 0 aliphatic rings. The molecule has 0 fully saturated rings. The Morgan fingerprint density at radius 2 is 1.43 bits per heavy atom. The van der Waals surface area contributed by atoms with Crippen molar-refractivity contribution in [3.63, 3.8) is 0 Å². The van der Waals surface area contributed by atoms with Gasteiger partial charge >= 0.3 is 0 Å². The van der Waals surface area contributed by atoms with Crippen LogP contribution in [-0.4, -0.2) is 41.1 Å². The van der Waals surface area contributed by atoms with E-state index in [1.807, 2.05) is 6.92 Å². The quantitative estimate of drug-likeness (QED) is 0.386. The fraction of sp³-hybridized carbons (Fsp3) is 0.167. The normalized spacial score (nSPS) is 10.7. The first kappa shape index (κ1) is 25.4. The average Bonchev–Trinajstić information content (AvgIpc) is 2.87. The summed E-state index contributed by atoms with van der Waals surface area (Å²) in [5.41, 5.74) is 5.26. The first-order valence-electron chi connectivity index (χ1n) is 10.5. The molecule has 10 nitrogen and oxygen atoms in total. The van der Waals surface area contributed by atoms with E-state index in [1.165, 1.54) is 56.7 Å². The lowest BCUT2D eigenvalue weighted by Gasteiger charge is -2.12. The van der Waals surface area contributed by atoms with Crippen LogP contribution in [0.3, 0.4) is 0 Å². The molecule has 0 atom stereocenters. The maximum absolute atomic E-state index is 12.6. The second-order valence-corrected chi connectivity index (χ2v) is 8.74. The van der Waals surface area contributed by atoms with Gasteiger partial charge in [0.1, 0.15) is 17.2 Å². The summed E-state index contributed by atoms with van der Waals surface area (Å²) < 4.78 is 43.3. The van der Waals surface area contributed by atoms with Crippen LogP contribution >= 0.6 is 0 Å².